The van der Waals surface area contributed by atoms with Crippen LogP contribution in [0.2, 0.25) is 0 Å². The highest BCUT2D eigenvalue weighted by Gasteiger charge is 2.12. The van der Waals surface area contributed by atoms with Crippen LogP contribution in [0.1, 0.15) is 23.6 Å². The van der Waals surface area contributed by atoms with E-state index in [1.54, 1.807) is 17.8 Å². The largest absolute Gasteiger partial charge is 0.328 e. The van der Waals surface area contributed by atoms with Gasteiger partial charge in [0.2, 0.25) is 0 Å². The van der Waals surface area contributed by atoms with E-state index in [1.807, 2.05) is 13.0 Å². The molecule has 0 saturated carbocycles. The number of benzene rings is 2. The molecule has 106 valence electrons. The molecule has 20 heavy (non-hydrogen) atoms. The molecular formula is C17H20FNS. The van der Waals surface area contributed by atoms with Gasteiger partial charge >= 0.3 is 0 Å². The van der Waals surface area contributed by atoms with Gasteiger partial charge in [0.25, 0.3) is 0 Å². The average Bonchev–Trinajstić information content (AvgIpc) is 2.36. The molecule has 0 bridgehead atoms. The summed E-state index contributed by atoms with van der Waals surface area (Å²) in [7, 11) is 0. The SMILES string of the molecule is Cc1ccc(Sc2cccc(F)c2CC(C)N)c(C)c1. The van der Waals surface area contributed by atoms with Gasteiger partial charge in [0.1, 0.15) is 5.82 Å². The summed E-state index contributed by atoms with van der Waals surface area (Å²) in [5.74, 6) is -0.169. The van der Waals surface area contributed by atoms with E-state index < -0.39 is 0 Å². The first-order valence-electron chi connectivity index (χ1n) is 6.75. The van der Waals surface area contributed by atoms with E-state index in [0.717, 1.165) is 9.79 Å². The van der Waals surface area contributed by atoms with Gasteiger partial charge in [-0.3, -0.25) is 0 Å². The molecule has 0 fully saturated rings. The Hall–Kier alpha value is -1.32. The van der Waals surface area contributed by atoms with Crippen molar-refractivity contribution < 1.29 is 4.39 Å². The minimum absolute atomic E-state index is 0.0506. The maximum atomic E-state index is 14.0. The highest BCUT2D eigenvalue weighted by Crippen LogP contribution is 2.34. The molecule has 0 spiro atoms. The topological polar surface area (TPSA) is 26.0 Å². The van der Waals surface area contributed by atoms with Crippen molar-refractivity contribution in [1.29, 1.82) is 0 Å². The second-order valence-corrected chi connectivity index (χ2v) is 6.35. The maximum absolute atomic E-state index is 14.0. The van der Waals surface area contributed by atoms with Gasteiger partial charge in [-0.2, -0.15) is 0 Å². The number of hydrogen-bond acceptors (Lipinski definition) is 2. The highest BCUT2D eigenvalue weighted by molar-refractivity contribution is 7.99. The first kappa shape index (κ1) is 15.1. The van der Waals surface area contributed by atoms with Crippen LogP contribution < -0.4 is 5.73 Å². The fourth-order valence-corrected chi connectivity index (χ4v) is 3.23. The number of halogens is 1. The normalized spacial score (nSPS) is 12.4. The zero-order valence-electron chi connectivity index (χ0n) is 12.1. The van der Waals surface area contributed by atoms with Crippen LogP contribution in [0, 0.1) is 19.7 Å². The van der Waals surface area contributed by atoms with Crippen molar-refractivity contribution in [2.24, 2.45) is 5.73 Å². The number of hydrogen-bond donors (Lipinski definition) is 1. The van der Waals surface area contributed by atoms with Gasteiger partial charge in [-0.1, -0.05) is 35.5 Å². The minimum Gasteiger partial charge on any atom is -0.328 e. The molecule has 0 heterocycles. The molecule has 0 aromatic heterocycles. The fourth-order valence-electron chi connectivity index (χ4n) is 2.19. The summed E-state index contributed by atoms with van der Waals surface area (Å²) in [5, 5.41) is 0. The van der Waals surface area contributed by atoms with E-state index in [1.165, 1.54) is 17.2 Å². The van der Waals surface area contributed by atoms with Crippen molar-refractivity contribution in [3.8, 4) is 0 Å². The summed E-state index contributed by atoms with van der Waals surface area (Å²) in [5.41, 5.74) is 9.00. The van der Waals surface area contributed by atoms with Gasteiger partial charge < -0.3 is 5.73 Å². The molecule has 2 N–H and O–H groups in total. The zero-order chi connectivity index (χ0) is 14.7. The molecule has 1 unspecified atom stereocenters. The van der Waals surface area contributed by atoms with Crippen LogP contribution in [-0.4, -0.2) is 6.04 Å². The lowest BCUT2D eigenvalue weighted by atomic mass is 10.1. The third-order valence-electron chi connectivity index (χ3n) is 3.15. The molecule has 0 saturated heterocycles. The first-order chi connectivity index (χ1) is 9.47. The smallest absolute Gasteiger partial charge is 0.127 e. The van der Waals surface area contributed by atoms with Crippen LogP contribution in [0.5, 0.6) is 0 Å². The van der Waals surface area contributed by atoms with Gasteiger partial charge in [0.15, 0.2) is 0 Å². The zero-order valence-corrected chi connectivity index (χ0v) is 12.9. The molecule has 0 aliphatic carbocycles. The second kappa shape index (κ2) is 6.42. The van der Waals surface area contributed by atoms with Crippen molar-refractivity contribution in [1.82, 2.24) is 0 Å². The van der Waals surface area contributed by atoms with Crippen molar-refractivity contribution in [3.63, 3.8) is 0 Å². The van der Waals surface area contributed by atoms with Gasteiger partial charge in [0, 0.05) is 21.4 Å². The van der Waals surface area contributed by atoms with E-state index >= 15 is 0 Å². The van der Waals surface area contributed by atoms with Crippen LogP contribution in [0.25, 0.3) is 0 Å². The third-order valence-corrected chi connectivity index (χ3v) is 4.43. The quantitative estimate of drug-likeness (QED) is 0.898. The molecule has 1 atom stereocenters. The number of nitrogens with two attached hydrogens (primary N) is 1. The standard InChI is InChI=1S/C17H20FNS/c1-11-7-8-16(12(2)9-11)20-17-6-4-5-15(18)14(17)10-13(3)19/h4-9,13H,10,19H2,1-3H3. The summed E-state index contributed by atoms with van der Waals surface area (Å²) in [6, 6.07) is 11.5. The second-order valence-electron chi connectivity index (χ2n) is 5.27. The molecule has 2 aromatic rings. The average molecular weight is 289 g/mol. The van der Waals surface area contributed by atoms with Crippen molar-refractivity contribution in [2.45, 2.75) is 43.0 Å². The number of aryl methyl sites for hydroxylation is 2. The van der Waals surface area contributed by atoms with Crippen LogP contribution in [0.4, 0.5) is 4.39 Å². The van der Waals surface area contributed by atoms with Crippen LogP contribution in [0.15, 0.2) is 46.2 Å². The number of rotatable bonds is 4. The summed E-state index contributed by atoms with van der Waals surface area (Å²) < 4.78 is 14.0. The summed E-state index contributed by atoms with van der Waals surface area (Å²) in [4.78, 5) is 2.11. The predicted molar refractivity (Wildman–Crippen MR) is 83.8 cm³/mol. The monoisotopic (exact) mass is 289 g/mol. The Bertz CT molecular complexity index is 608. The molecule has 3 heteroatoms. The molecular weight excluding hydrogens is 269 g/mol. The summed E-state index contributed by atoms with van der Waals surface area (Å²) >= 11 is 1.61. The summed E-state index contributed by atoms with van der Waals surface area (Å²) in [6.07, 6.45) is 0.555. The van der Waals surface area contributed by atoms with E-state index in [-0.39, 0.29) is 11.9 Å². The molecule has 0 radical (unpaired) electrons. The van der Waals surface area contributed by atoms with E-state index in [2.05, 4.69) is 32.0 Å². The lowest BCUT2D eigenvalue weighted by Crippen LogP contribution is -2.19. The van der Waals surface area contributed by atoms with Crippen molar-refractivity contribution >= 4 is 11.8 Å². The molecule has 2 aromatic carbocycles. The first-order valence-corrected chi connectivity index (χ1v) is 7.57. The molecule has 1 nitrogen and oxygen atoms in total. The Kier molecular flexibility index (Phi) is 4.84. The molecule has 0 aliphatic heterocycles. The van der Waals surface area contributed by atoms with Gasteiger partial charge in [-0.05, 0) is 51.0 Å². The van der Waals surface area contributed by atoms with E-state index in [4.69, 9.17) is 5.73 Å². The van der Waals surface area contributed by atoms with Crippen molar-refractivity contribution in [3.05, 3.63) is 58.9 Å². The fraction of sp³-hybridized carbons (Fsp3) is 0.294. The predicted octanol–water partition coefficient (Wildman–Crippen LogP) is 4.48. The van der Waals surface area contributed by atoms with Gasteiger partial charge in [-0.15, -0.1) is 0 Å². The Morgan fingerprint density at radius 1 is 1.15 bits per heavy atom. The highest BCUT2D eigenvalue weighted by atomic mass is 32.2. The maximum Gasteiger partial charge on any atom is 0.127 e. The lowest BCUT2D eigenvalue weighted by Gasteiger charge is -2.13. The van der Waals surface area contributed by atoms with Crippen LogP contribution >= 0.6 is 11.8 Å². The van der Waals surface area contributed by atoms with Crippen molar-refractivity contribution in [2.75, 3.05) is 0 Å². The third kappa shape index (κ3) is 3.62. The molecule has 0 aliphatic rings. The van der Waals surface area contributed by atoms with E-state index in [0.29, 0.717) is 12.0 Å². The van der Waals surface area contributed by atoms with Gasteiger partial charge in [-0.25, -0.2) is 4.39 Å². The van der Waals surface area contributed by atoms with Gasteiger partial charge in [0.05, 0.1) is 0 Å². The molecule has 0 amide bonds. The minimum atomic E-state index is -0.169. The lowest BCUT2D eigenvalue weighted by molar-refractivity contribution is 0.588. The Morgan fingerprint density at radius 3 is 2.55 bits per heavy atom. The van der Waals surface area contributed by atoms with Crippen LogP contribution in [-0.2, 0) is 6.42 Å². The van der Waals surface area contributed by atoms with E-state index in [9.17, 15) is 4.39 Å². The molecule has 2 rings (SSSR count). The summed E-state index contributed by atoms with van der Waals surface area (Å²) in [6.45, 7) is 6.06. The Morgan fingerprint density at radius 2 is 1.90 bits per heavy atom. The van der Waals surface area contributed by atoms with Crippen LogP contribution in [0.3, 0.4) is 0 Å². The Balaban J connectivity index is 2.35. The Labute approximate surface area is 124 Å².